The molecule has 0 radical (unpaired) electrons. The standard InChI is InChI=1S/C22H28N4O3/c27-22(20-6-3-7-23-21(20)26-10-14-29-15-11-26)24-16-18-4-1-2-5-19(18)17-25-8-12-28-13-9-25/h1-7H,8-17H2,(H,24,27). The predicted molar refractivity (Wildman–Crippen MR) is 111 cm³/mol. The van der Waals surface area contributed by atoms with Crippen molar-refractivity contribution in [2.75, 3.05) is 57.5 Å². The molecular formula is C22H28N4O3. The van der Waals surface area contributed by atoms with Crippen LogP contribution in [0, 0.1) is 0 Å². The van der Waals surface area contributed by atoms with Crippen LogP contribution in [0.1, 0.15) is 21.5 Å². The summed E-state index contributed by atoms with van der Waals surface area (Å²) in [6, 6.07) is 12.0. The molecule has 2 aromatic rings. The molecule has 2 aliphatic heterocycles. The number of nitrogens with one attached hydrogen (secondary N) is 1. The second-order valence-electron chi connectivity index (χ2n) is 7.31. The van der Waals surface area contributed by atoms with Gasteiger partial charge in [-0.1, -0.05) is 24.3 Å². The molecule has 154 valence electrons. The minimum Gasteiger partial charge on any atom is -0.379 e. The third-order valence-corrected chi connectivity index (χ3v) is 5.40. The first-order valence-corrected chi connectivity index (χ1v) is 10.2. The fourth-order valence-corrected chi connectivity index (χ4v) is 3.76. The van der Waals surface area contributed by atoms with Gasteiger partial charge in [-0.15, -0.1) is 0 Å². The Bertz CT molecular complexity index is 817. The number of carbonyl (C=O) groups is 1. The SMILES string of the molecule is O=C(NCc1ccccc1CN1CCOCC1)c1cccnc1N1CCOCC1. The number of aromatic nitrogens is 1. The molecule has 4 rings (SSSR count). The molecule has 0 bridgehead atoms. The summed E-state index contributed by atoms with van der Waals surface area (Å²) in [5.41, 5.74) is 3.00. The number of hydrogen-bond donors (Lipinski definition) is 1. The molecule has 1 aromatic heterocycles. The molecule has 0 unspecified atom stereocenters. The van der Waals surface area contributed by atoms with E-state index in [1.165, 1.54) is 5.56 Å². The first-order chi connectivity index (χ1) is 14.3. The van der Waals surface area contributed by atoms with Crippen molar-refractivity contribution < 1.29 is 14.3 Å². The number of anilines is 1. The maximum Gasteiger partial charge on any atom is 0.255 e. The maximum absolute atomic E-state index is 12.9. The van der Waals surface area contributed by atoms with Gasteiger partial charge in [0.2, 0.25) is 0 Å². The molecule has 29 heavy (non-hydrogen) atoms. The van der Waals surface area contributed by atoms with Crippen LogP contribution in [0.4, 0.5) is 5.82 Å². The third-order valence-electron chi connectivity index (χ3n) is 5.40. The average molecular weight is 396 g/mol. The zero-order valence-corrected chi connectivity index (χ0v) is 16.7. The summed E-state index contributed by atoms with van der Waals surface area (Å²) in [5, 5.41) is 3.09. The number of carbonyl (C=O) groups excluding carboxylic acids is 1. The Morgan fingerprint density at radius 3 is 2.38 bits per heavy atom. The number of hydrogen-bond acceptors (Lipinski definition) is 6. The van der Waals surface area contributed by atoms with Crippen LogP contribution in [0.3, 0.4) is 0 Å². The number of benzene rings is 1. The molecule has 0 saturated carbocycles. The molecule has 0 spiro atoms. The van der Waals surface area contributed by atoms with Crippen molar-refractivity contribution in [2.24, 2.45) is 0 Å². The Balaban J connectivity index is 1.43. The molecular weight excluding hydrogens is 368 g/mol. The van der Waals surface area contributed by atoms with Gasteiger partial charge >= 0.3 is 0 Å². The van der Waals surface area contributed by atoms with Crippen LogP contribution in [0.15, 0.2) is 42.6 Å². The Morgan fingerprint density at radius 2 is 1.62 bits per heavy atom. The Labute approximate surface area is 171 Å². The van der Waals surface area contributed by atoms with Crippen LogP contribution in [-0.2, 0) is 22.6 Å². The number of ether oxygens (including phenoxy) is 2. The smallest absolute Gasteiger partial charge is 0.255 e. The van der Waals surface area contributed by atoms with Crippen molar-refractivity contribution >= 4 is 11.7 Å². The first kappa shape index (κ1) is 19.8. The summed E-state index contributed by atoms with van der Waals surface area (Å²) in [6.07, 6.45) is 1.74. The zero-order chi connectivity index (χ0) is 19.9. The van der Waals surface area contributed by atoms with E-state index in [-0.39, 0.29) is 5.91 Å². The minimum absolute atomic E-state index is 0.0965. The van der Waals surface area contributed by atoms with Gasteiger partial charge in [0.1, 0.15) is 5.82 Å². The average Bonchev–Trinajstić information content (AvgIpc) is 2.79. The molecule has 1 N–H and O–H groups in total. The van der Waals surface area contributed by atoms with E-state index in [1.807, 2.05) is 18.2 Å². The molecule has 7 heteroatoms. The van der Waals surface area contributed by atoms with Crippen molar-refractivity contribution in [3.05, 3.63) is 59.3 Å². The summed E-state index contributed by atoms with van der Waals surface area (Å²) in [7, 11) is 0. The lowest BCUT2D eigenvalue weighted by atomic mass is 10.1. The van der Waals surface area contributed by atoms with Crippen LogP contribution in [0.5, 0.6) is 0 Å². The van der Waals surface area contributed by atoms with E-state index in [0.717, 1.165) is 57.3 Å². The Kier molecular flexibility index (Phi) is 6.71. The quantitative estimate of drug-likeness (QED) is 0.802. The lowest BCUT2D eigenvalue weighted by molar-refractivity contribution is 0.0340. The van der Waals surface area contributed by atoms with E-state index in [1.54, 1.807) is 6.20 Å². The molecule has 0 aliphatic carbocycles. The highest BCUT2D eigenvalue weighted by Gasteiger charge is 2.20. The summed E-state index contributed by atoms with van der Waals surface area (Å²) in [5.74, 6) is 0.635. The van der Waals surface area contributed by atoms with Gasteiger partial charge in [0.05, 0.1) is 32.0 Å². The first-order valence-electron chi connectivity index (χ1n) is 10.2. The summed E-state index contributed by atoms with van der Waals surface area (Å²) in [4.78, 5) is 21.9. The van der Waals surface area contributed by atoms with E-state index in [4.69, 9.17) is 9.47 Å². The van der Waals surface area contributed by atoms with E-state index >= 15 is 0 Å². The van der Waals surface area contributed by atoms with Gasteiger partial charge in [0.25, 0.3) is 5.91 Å². The highest BCUT2D eigenvalue weighted by atomic mass is 16.5. The monoisotopic (exact) mass is 396 g/mol. The van der Waals surface area contributed by atoms with Crippen LogP contribution >= 0.6 is 0 Å². The Morgan fingerprint density at radius 1 is 0.931 bits per heavy atom. The van der Waals surface area contributed by atoms with Crippen LogP contribution in [-0.4, -0.2) is 68.4 Å². The second-order valence-corrected chi connectivity index (χ2v) is 7.31. The van der Waals surface area contributed by atoms with E-state index in [9.17, 15) is 4.79 Å². The molecule has 2 fully saturated rings. The number of pyridine rings is 1. The molecule has 1 amide bonds. The van der Waals surface area contributed by atoms with Crippen molar-refractivity contribution in [1.29, 1.82) is 0 Å². The van der Waals surface area contributed by atoms with Crippen molar-refractivity contribution in [3.63, 3.8) is 0 Å². The molecule has 7 nitrogen and oxygen atoms in total. The third kappa shape index (κ3) is 5.12. The molecule has 2 aliphatic rings. The van der Waals surface area contributed by atoms with E-state index in [0.29, 0.717) is 25.3 Å². The fourth-order valence-electron chi connectivity index (χ4n) is 3.76. The lowest BCUT2D eigenvalue weighted by Gasteiger charge is -2.29. The van der Waals surface area contributed by atoms with Gasteiger partial charge in [-0.25, -0.2) is 4.98 Å². The maximum atomic E-state index is 12.9. The van der Waals surface area contributed by atoms with Gasteiger partial charge in [-0.2, -0.15) is 0 Å². The van der Waals surface area contributed by atoms with E-state index in [2.05, 4.69) is 38.3 Å². The van der Waals surface area contributed by atoms with Gasteiger partial charge in [-0.3, -0.25) is 9.69 Å². The van der Waals surface area contributed by atoms with Crippen molar-refractivity contribution in [3.8, 4) is 0 Å². The topological polar surface area (TPSA) is 66.9 Å². The van der Waals surface area contributed by atoms with Gasteiger partial charge < -0.3 is 19.7 Å². The molecule has 2 saturated heterocycles. The number of nitrogens with zero attached hydrogens (tertiary/aromatic N) is 3. The van der Waals surface area contributed by atoms with Gasteiger partial charge in [0, 0.05) is 45.5 Å². The number of amides is 1. The van der Waals surface area contributed by atoms with Crippen molar-refractivity contribution in [2.45, 2.75) is 13.1 Å². The van der Waals surface area contributed by atoms with Crippen LogP contribution in [0.2, 0.25) is 0 Å². The number of rotatable bonds is 6. The number of morpholine rings is 2. The van der Waals surface area contributed by atoms with E-state index < -0.39 is 0 Å². The van der Waals surface area contributed by atoms with Gasteiger partial charge in [0.15, 0.2) is 0 Å². The fraction of sp³-hybridized carbons (Fsp3) is 0.455. The van der Waals surface area contributed by atoms with Crippen molar-refractivity contribution in [1.82, 2.24) is 15.2 Å². The summed E-state index contributed by atoms with van der Waals surface area (Å²) in [6.45, 7) is 7.64. The molecule has 1 aromatic carbocycles. The summed E-state index contributed by atoms with van der Waals surface area (Å²) < 4.78 is 10.9. The highest BCUT2D eigenvalue weighted by Crippen LogP contribution is 2.19. The minimum atomic E-state index is -0.0965. The van der Waals surface area contributed by atoms with Crippen LogP contribution < -0.4 is 10.2 Å². The lowest BCUT2D eigenvalue weighted by Crippen LogP contribution is -2.38. The predicted octanol–water partition coefficient (Wildman–Crippen LogP) is 1.68. The summed E-state index contributed by atoms with van der Waals surface area (Å²) >= 11 is 0. The van der Waals surface area contributed by atoms with Crippen LogP contribution in [0.25, 0.3) is 0 Å². The Hall–Kier alpha value is -2.48. The normalized spacial score (nSPS) is 17.9. The second kappa shape index (κ2) is 9.82. The highest BCUT2D eigenvalue weighted by molar-refractivity contribution is 5.98. The molecule has 0 atom stereocenters. The van der Waals surface area contributed by atoms with Gasteiger partial charge in [-0.05, 0) is 23.3 Å². The largest absolute Gasteiger partial charge is 0.379 e. The molecule has 3 heterocycles. The zero-order valence-electron chi connectivity index (χ0n) is 16.7.